The normalized spacial score (nSPS) is 16.2. The SMILES string of the molecule is CS(=O)(=O)[C@@H](Br)[C@H](O)c1ccccc1. The molecule has 78 valence electrons. The maximum atomic E-state index is 11.1. The fraction of sp³-hybridized carbons (Fsp3) is 0.333. The van der Waals surface area contributed by atoms with E-state index in [1.54, 1.807) is 30.3 Å². The van der Waals surface area contributed by atoms with Crippen molar-refractivity contribution in [3.05, 3.63) is 35.9 Å². The summed E-state index contributed by atoms with van der Waals surface area (Å²) < 4.78 is 21.3. The molecule has 0 unspecified atom stereocenters. The molecule has 3 nitrogen and oxygen atoms in total. The summed E-state index contributed by atoms with van der Waals surface area (Å²) in [6.07, 6.45) is 0.0460. The van der Waals surface area contributed by atoms with Crippen molar-refractivity contribution in [3.63, 3.8) is 0 Å². The van der Waals surface area contributed by atoms with Crippen LogP contribution in [0.3, 0.4) is 0 Å². The van der Waals surface area contributed by atoms with E-state index in [-0.39, 0.29) is 0 Å². The number of aliphatic hydroxyl groups excluding tert-OH is 1. The molecule has 0 aliphatic rings. The Morgan fingerprint density at radius 2 is 1.79 bits per heavy atom. The molecule has 1 aromatic rings. The van der Waals surface area contributed by atoms with Crippen molar-refractivity contribution in [2.45, 2.75) is 10.3 Å². The predicted molar refractivity (Wildman–Crippen MR) is 59.0 cm³/mol. The number of halogens is 1. The van der Waals surface area contributed by atoms with Gasteiger partial charge in [-0.15, -0.1) is 0 Å². The lowest BCUT2D eigenvalue weighted by molar-refractivity contribution is 0.195. The lowest BCUT2D eigenvalue weighted by Gasteiger charge is -2.15. The van der Waals surface area contributed by atoms with Crippen LogP contribution >= 0.6 is 15.9 Å². The van der Waals surface area contributed by atoms with Crippen LogP contribution in [0.15, 0.2) is 30.3 Å². The van der Waals surface area contributed by atoms with Gasteiger partial charge in [0.2, 0.25) is 0 Å². The van der Waals surface area contributed by atoms with Gasteiger partial charge >= 0.3 is 0 Å². The van der Waals surface area contributed by atoms with Crippen LogP contribution in [0.5, 0.6) is 0 Å². The summed E-state index contributed by atoms with van der Waals surface area (Å²) in [5.41, 5.74) is 0.583. The first-order valence-electron chi connectivity index (χ1n) is 3.99. The van der Waals surface area contributed by atoms with Crippen molar-refractivity contribution in [3.8, 4) is 0 Å². The van der Waals surface area contributed by atoms with Crippen LogP contribution in [0.2, 0.25) is 0 Å². The molecule has 0 saturated heterocycles. The minimum atomic E-state index is -3.28. The molecule has 0 saturated carbocycles. The number of hydrogen-bond acceptors (Lipinski definition) is 3. The maximum absolute atomic E-state index is 11.1. The Kier molecular flexibility index (Phi) is 3.69. The van der Waals surface area contributed by atoms with Gasteiger partial charge in [0.15, 0.2) is 9.84 Å². The van der Waals surface area contributed by atoms with Crippen LogP contribution in [0.4, 0.5) is 0 Å². The molecule has 0 aromatic heterocycles. The molecule has 2 atom stereocenters. The van der Waals surface area contributed by atoms with E-state index in [1.165, 1.54) is 0 Å². The van der Waals surface area contributed by atoms with Crippen molar-refractivity contribution >= 4 is 25.8 Å². The molecular weight excluding hydrogens is 268 g/mol. The van der Waals surface area contributed by atoms with Crippen molar-refractivity contribution in [2.24, 2.45) is 0 Å². The Bertz CT molecular complexity index is 388. The second-order valence-electron chi connectivity index (χ2n) is 3.04. The van der Waals surface area contributed by atoms with Crippen LogP contribution in [-0.4, -0.2) is 23.9 Å². The molecule has 0 aliphatic carbocycles. The summed E-state index contributed by atoms with van der Waals surface area (Å²) in [5.74, 6) is 0. The highest BCUT2D eigenvalue weighted by atomic mass is 79.9. The first-order valence-corrected chi connectivity index (χ1v) is 6.86. The molecule has 14 heavy (non-hydrogen) atoms. The minimum absolute atomic E-state index is 0.583. The van der Waals surface area contributed by atoms with E-state index in [9.17, 15) is 13.5 Å². The first-order chi connectivity index (χ1) is 6.43. The molecule has 0 fully saturated rings. The summed E-state index contributed by atoms with van der Waals surface area (Å²) >= 11 is 2.96. The number of sulfone groups is 1. The van der Waals surface area contributed by atoms with Gasteiger partial charge in [0.05, 0.1) is 0 Å². The third kappa shape index (κ3) is 2.80. The van der Waals surface area contributed by atoms with Gasteiger partial charge in [0.25, 0.3) is 0 Å². The predicted octanol–water partition coefficient (Wildman–Crippen LogP) is 1.49. The van der Waals surface area contributed by atoms with E-state index >= 15 is 0 Å². The van der Waals surface area contributed by atoms with Gasteiger partial charge in [0.1, 0.15) is 10.3 Å². The Hall–Kier alpha value is -0.390. The second-order valence-corrected chi connectivity index (χ2v) is 6.80. The highest BCUT2D eigenvalue weighted by Crippen LogP contribution is 2.25. The molecule has 1 aromatic carbocycles. The van der Waals surface area contributed by atoms with Gasteiger partial charge in [-0.2, -0.15) is 0 Å². The Morgan fingerprint density at radius 3 is 2.21 bits per heavy atom. The standard InChI is InChI=1S/C9H11BrO3S/c1-14(12,13)9(10)8(11)7-5-3-2-4-6-7/h2-6,8-9,11H,1H3/t8-,9-/m1/s1. The van der Waals surface area contributed by atoms with E-state index in [1.807, 2.05) is 0 Å². The smallest absolute Gasteiger partial charge is 0.163 e. The average Bonchev–Trinajstić information content (AvgIpc) is 2.15. The van der Waals surface area contributed by atoms with Gasteiger partial charge < -0.3 is 5.11 Å². The quantitative estimate of drug-likeness (QED) is 0.853. The molecule has 0 bridgehead atoms. The fourth-order valence-corrected chi connectivity index (χ4v) is 1.97. The van der Waals surface area contributed by atoms with E-state index < -0.39 is 20.1 Å². The Balaban J connectivity index is 2.92. The third-order valence-electron chi connectivity index (χ3n) is 1.80. The average molecular weight is 279 g/mol. The molecule has 0 amide bonds. The van der Waals surface area contributed by atoms with Crippen LogP contribution in [0, 0.1) is 0 Å². The lowest BCUT2D eigenvalue weighted by atomic mass is 10.1. The van der Waals surface area contributed by atoms with Crippen molar-refractivity contribution < 1.29 is 13.5 Å². The largest absolute Gasteiger partial charge is 0.386 e. The summed E-state index contributed by atoms with van der Waals surface area (Å²) in [6, 6.07) is 8.68. The highest BCUT2D eigenvalue weighted by Gasteiger charge is 2.26. The highest BCUT2D eigenvalue weighted by molar-refractivity contribution is 9.11. The lowest BCUT2D eigenvalue weighted by Crippen LogP contribution is -2.21. The van der Waals surface area contributed by atoms with Gasteiger partial charge in [-0.1, -0.05) is 46.3 Å². The van der Waals surface area contributed by atoms with Crippen LogP contribution < -0.4 is 0 Å². The molecule has 0 radical (unpaired) electrons. The van der Waals surface area contributed by atoms with Crippen molar-refractivity contribution in [1.29, 1.82) is 0 Å². The molecule has 5 heteroatoms. The number of rotatable bonds is 3. The summed E-state index contributed by atoms with van der Waals surface area (Å²) in [6.45, 7) is 0. The Morgan fingerprint density at radius 1 is 1.29 bits per heavy atom. The number of alkyl halides is 1. The number of hydrogen-bond donors (Lipinski definition) is 1. The van der Waals surface area contributed by atoms with Gasteiger partial charge in [0, 0.05) is 6.26 Å². The van der Waals surface area contributed by atoms with Gasteiger partial charge in [-0.05, 0) is 5.56 Å². The molecule has 0 heterocycles. The van der Waals surface area contributed by atoms with Crippen molar-refractivity contribution in [2.75, 3.05) is 6.26 Å². The van der Waals surface area contributed by atoms with E-state index in [2.05, 4.69) is 15.9 Å². The monoisotopic (exact) mass is 278 g/mol. The van der Waals surface area contributed by atoms with Crippen molar-refractivity contribution in [1.82, 2.24) is 0 Å². The van der Waals surface area contributed by atoms with Gasteiger partial charge in [-0.3, -0.25) is 0 Å². The summed E-state index contributed by atoms with van der Waals surface area (Å²) in [4.78, 5) is 0. The van der Waals surface area contributed by atoms with E-state index in [0.717, 1.165) is 6.26 Å². The minimum Gasteiger partial charge on any atom is -0.386 e. The maximum Gasteiger partial charge on any atom is 0.163 e. The molecular formula is C9H11BrO3S. The fourth-order valence-electron chi connectivity index (χ4n) is 1.04. The van der Waals surface area contributed by atoms with Crippen LogP contribution in [0.25, 0.3) is 0 Å². The van der Waals surface area contributed by atoms with Gasteiger partial charge in [-0.25, -0.2) is 8.42 Å². The Labute approximate surface area is 91.8 Å². The molecule has 0 spiro atoms. The topological polar surface area (TPSA) is 54.4 Å². The van der Waals surface area contributed by atoms with Crippen LogP contribution in [0.1, 0.15) is 11.7 Å². The second kappa shape index (κ2) is 4.42. The molecule has 1 N–H and O–H groups in total. The molecule has 1 rings (SSSR count). The van der Waals surface area contributed by atoms with E-state index in [4.69, 9.17) is 0 Å². The zero-order valence-electron chi connectivity index (χ0n) is 7.59. The molecule has 0 aliphatic heterocycles. The van der Waals surface area contributed by atoms with E-state index in [0.29, 0.717) is 5.56 Å². The zero-order valence-corrected chi connectivity index (χ0v) is 9.99. The summed E-state index contributed by atoms with van der Waals surface area (Å²) in [7, 11) is -3.28. The third-order valence-corrected chi connectivity index (χ3v) is 5.41. The number of benzene rings is 1. The zero-order chi connectivity index (χ0) is 10.8. The van der Waals surface area contributed by atoms with Crippen LogP contribution in [-0.2, 0) is 9.84 Å². The summed E-state index contributed by atoms with van der Waals surface area (Å²) in [5, 5.41) is 9.70. The first kappa shape index (κ1) is 11.7. The number of aliphatic hydroxyl groups is 1.